The van der Waals surface area contributed by atoms with Gasteiger partial charge in [-0.1, -0.05) is 0 Å². The van der Waals surface area contributed by atoms with Crippen LogP contribution < -0.4 is 6.15 Å². The first kappa shape index (κ1) is 15.1. The van der Waals surface area contributed by atoms with Gasteiger partial charge in [-0.2, -0.15) is 0 Å². The molecular formula is C12H17NO4. The molecular weight excluding hydrogens is 222 g/mol. The van der Waals surface area contributed by atoms with Gasteiger partial charge in [-0.3, -0.25) is 0 Å². The summed E-state index contributed by atoms with van der Waals surface area (Å²) in [7, 11) is 0. The number of benzene rings is 1. The van der Waals surface area contributed by atoms with Gasteiger partial charge < -0.3 is 16.0 Å². The molecule has 0 bridgehead atoms. The van der Waals surface area contributed by atoms with Gasteiger partial charge >= 0.3 is 11.9 Å². The second kappa shape index (κ2) is 5.45. The summed E-state index contributed by atoms with van der Waals surface area (Å²) < 4.78 is 5.14. The van der Waals surface area contributed by atoms with E-state index in [2.05, 4.69) is 0 Å². The third kappa shape index (κ3) is 4.65. The van der Waals surface area contributed by atoms with Gasteiger partial charge in [0, 0.05) is 0 Å². The number of carbonyl (C=O) groups excluding carboxylic acids is 1. The lowest BCUT2D eigenvalue weighted by molar-refractivity contribution is 0.00691. The minimum atomic E-state index is -1.02. The van der Waals surface area contributed by atoms with E-state index in [0.29, 0.717) is 5.56 Å². The maximum Gasteiger partial charge on any atom is 0.338 e. The van der Waals surface area contributed by atoms with Crippen molar-refractivity contribution in [3.63, 3.8) is 0 Å². The van der Waals surface area contributed by atoms with Crippen molar-refractivity contribution in [3.8, 4) is 0 Å². The number of carboxylic acid groups (broad SMARTS) is 1. The lowest BCUT2D eigenvalue weighted by atomic mass is 10.1. The van der Waals surface area contributed by atoms with Gasteiger partial charge in [-0.15, -0.1) is 0 Å². The molecule has 0 aromatic heterocycles. The predicted molar refractivity (Wildman–Crippen MR) is 63.6 cm³/mol. The number of hydrogen-bond acceptors (Lipinski definition) is 4. The molecule has 1 aromatic rings. The number of esters is 1. The van der Waals surface area contributed by atoms with Gasteiger partial charge in [0.15, 0.2) is 0 Å². The summed E-state index contributed by atoms with van der Waals surface area (Å²) in [5.41, 5.74) is -0.0602. The summed E-state index contributed by atoms with van der Waals surface area (Å²) in [5, 5.41) is 8.68. The Morgan fingerprint density at radius 1 is 1.06 bits per heavy atom. The molecule has 0 spiro atoms. The van der Waals surface area contributed by atoms with Gasteiger partial charge in [0.25, 0.3) is 0 Å². The Morgan fingerprint density at radius 3 is 1.82 bits per heavy atom. The summed E-state index contributed by atoms with van der Waals surface area (Å²) in [6, 6.07) is 5.64. The largest absolute Gasteiger partial charge is 0.478 e. The fraction of sp³-hybridized carbons (Fsp3) is 0.333. The quantitative estimate of drug-likeness (QED) is 0.772. The summed E-state index contributed by atoms with van der Waals surface area (Å²) in [6.45, 7) is 5.32. The predicted octanol–water partition coefficient (Wildman–Crippen LogP) is 2.50. The van der Waals surface area contributed by atoms with E-state index in [4.69, 9.17) is 9.84 Å². The van der Waals surface area contributed by atoms with Crippen LogP contribution in [0.25, 0.3) is 0 Å². The maximum absolute atomic E-state index is 11.6. The highest BCUT2D eigenvalue weighted by Gasteiger charge is 2.17. The Bertz CT molecular complexity index is 404. The lowest BCUT2D eigenvalue weighted by Gasteiger charge is -2.19. The SMILES string of the molecule is CC(C)(C)OC(=O)c1ccc(C(=O)O)cc1.N. The van der Waals surface area contributed by atoms with Gasteiger partial charge in [0.1, 0.15) is 5.60 Å². The smallest absolute Gasteiger partial charge is 0.338 e. The highest BCUT2D eigenvalue weighted by atomic mass is 16.6. The number of rotatable bonds is 2. The lowest BCUT2D eigenvalue weighted by Crippen LogP contribution is -2.23. The Labute approximate surface area is 100.0 Å². The van der Waals surface area contributed by atoms with E-state index in [9.17, 15) is 9.59 Å². The van der Waals surface area contributed by atoms with Crippen LogP contribution in [-0.4, -0.2) is 22.6 Å². The molecule has 0 radical (unpaired) electrons. The van der Waals surface area contributed by atoms with Gasteiger partial charge in [0.2, 0.25) is 0 Å². The Morgan fingerprint density at radius 2 is 1.47 bits per heavy atom. The van der Waals surface area contributed by atoms with Crippen molar-refractivity contribution in [1.82, 2.24) is 6.15 Å². The molecule has 17 heavy (non-hydrogen) atoms. The summed E-state index contributed by atoms with van der Waals surface area (Å²) >= 11 is 0. The van der Waals surface area contributed by atoms with E-state index in [-0.39, 0.29) is 11.7 Å². The van der Waals surface area contributed by atoms with Crippen molar-refractivity contribution < 1.29 is 19.4 Å². The molecule has 0 unspecified atom stereocenters. The average Bonchev–Trinajstić information content (AvgIpc) is 2.15. The molecule has 0 saturated heterocycles. The minimum Gasteiger partial charge on any atom is -0.478 e. The fourth-order valence-corrected chi connectivity index (χ4v) is 1.09. The molecule has 0 saturated carbocycles. The Kier molecular flexibility index (Phi) is 4.85. The van der Waals surface area contributed by atoms with E-state index in [0.717, 1.165) is 0 Å². The van der Waals surface area contributed by atoms with Crippen LogP contribution in [-0.2, 0) is 4.74 Å². The number of aromatic carboxylic acids is 1. The van der Waals surface area contributed by atoms with Crippen LogP contribution in [0.1, 0.15) is 41.5 Å². The zero-order valence-electron chi connectivity index (χ0n) is 10.2. The van der Waals surface area contributed by atoms with Crippen LogP contribution in [0.15, 0.2) is 24.3 Å². The highest BCUT2D eigenvalue weighted by molar-refractivity contribution is 5.92. The van der Waals surface area contributed by atoms with Crippen LogP contribution in [0.3, 0.4) is 0 Å². The van der Waals surface area contributed by atoms with Gasteiger partial charge in [0.05, 0.1) is 11.1 Å². The third-order valence-electron chi connectivity index (χ3n) is 1.77. The van der Waals surface area contributed by atoms with E-state index in [1.807, 2.05) is 0 Å². The van der Waals surface area contributed by atoms with E-state index < -0.39 is 17.5 Å². The third-order valence-corrected chi connectivity index (χ3v) is 1.77. The van der Waals surface area contributed by atoms with Crippen molar-refractivity contribution in [1.29, 1.82) is 0 Å². The summed E-state index contributed by atoms with van der Waals surface area (Å²) in [6.07, 6.45) is 0. The topological polar surface area (TPSA) is 98.6 Å². The van der Waals surface area contributed by atoms with Gasteiger partial charge in [-0.25, -0.2) is 9.59 Å². The fourth-order valence-electron chi connectivity index (χ4n) is 1.09. The molecule has 1 aromatic carbocycles. The van der Waals surface area contributed by atoms with Gasteiger partial charge in [-0.05, 0) is 45.0 Å². The van der Waals surface area contributed by atoms with Crippen molar-refractivity contribution in [3.05, 3.63) is 35.4 Å². The highest BCUT2D eigenvalue weighted by Crippen LogP contribution is 2.12. The molecule has 0 aliphatic carbocycles. The molecule has 0 atom stereocenters. The van der Waals surface area contributed by atoms with Crippen LogP contribution >= 0.6 is 0 Å². The molecule has 4 N–H and O–H groups in total. The zero-order chi connectivity index (χ0) is 12.3. The summed E-state index contributed by atoms with van der Waals surface area (Å²) in [5.74, 6) is -1.47. The minimum absolute atomic E-state index is 0. The first-order chi connectivity index (χ1) is 7.29. The van der Waals surface area contributed by atoms with E-state index in [1.165, 1.54) is 24.3 Å². The van der Waals surface area contributed by atoms with Crippen LogP contribution in [0.5, 0.6) is 0 Å². The molecule has 1 rings (SSSR count). The Balaban J connectivity index is 0.00000256. The normalized spacial score (nSPS) is 10.3. The second-order valence-corrected chi connectivity index (χ2v) is 4.38. The number of ether oxygens (including phenoxy) is 1. The first-order valence-electron chi connectivity index (χ1n) is 4.86. The Hall–Kier alpha value is -1.88. The molecule has 0 aliphatic rings. The average molecular weight is 239 g/mol. The standard InChI is InChI=1S/C12H14O4.H3N/c1-12(2,3)16-11(15)9-6-4-8(5-7-9)10(13)14;/h4-7H,1-3H3,(H,13,14);1H3. The number of hydrogen-bond donors (Lipinski definition) is 2. The number of carboxylic acids is 1. The van der Waals surface area contributed by atoms with Crippen LogP contribution in [0.4, 0.5) is 0 Å². The molecule has 0 amide bonds. The van der Waals surface area contributed by atoms with Crippen molar-refractivity contribution in [2.75, 3.05) is 0 Å². The van der Waals surface area contributed by atoms with E-state index >= 15 is 0 Å². The zero-order valence-corrected chi connectivity index (χ0v) is 10.2. The molecule has 0 aliphatic heterocycles. The monoisotopic (exact) mass is 239 g/mol. The van der Waals surface area contributed by atoms with Crippen LogP contribution in [0.2, 0.25) is 0 Å². The van der Waals surface area contributed by atoms with Crippen LogP contribution in [0, 0.1) is 0 Å². The molecule has 5 heteroatoms. The van der Waals surface area contributed by atoms with Crippen molar-refractivity contribution >= 4 is 11.9 Å². The molecule has 94 valence electrons. The molecule has 5 nitrogen and oxygen atoms in total. The summed E-state index contributed by atoms with van der Waals surface area (Å²) in [4.78, 5) is 22.2. The first-order valence-corrected chi connectivity index (χ1v) is 4.86. The maximum atomic E-state index is 11.6. The molecule has 0 fully saturated rings. The van der Waals surface area contributed by atoms with Crippen molar-refractivity contribution in [2.45, 2.75) is 26.4 Å². The molecule has 0 heterocycles. The van der Waals surface area contributed by atoms with Crippen molar-refractivity contribution in [2.24, 2.45) is 0 Å². The number of carbonyl (C=O) groups is 2. The second-order valence-electron chi connectivity index (χ2n) is 4.38. The van der Waals surface area contributed by atoms with E-state index in [1.54, 1.807) is 20.8 Å².